The summed E-state index contributed by atoms with van der Waals surface area (Å²) in [6.07, 6.45) is 2.13. The third-order valence-corrected chi connectivity index (χ3v) is 3.15. The predicted octanol–water partition coefficient (Wildman–Crippen LogP) is 2.23. The molecule has 0 aliphatic carbocycles. The highest BCUT2D eigenvalue weighted by atomic mass is 16.6. The van der Waals surface area contributed by atoms with Crippen molar-refractivity contribution in [3.63, 3.8) is 0 Å². The molecule has 1 heterocycles. The third kappa shape index (κ3) is 3.63. The number of rotatable bonds is 6. The maximum absolute atomic E-state index is 12.3. The van der Waals surface area contributed by atoms with E-state index in [4.69, 9.17) is 4.42 Å². The zero-order valence-corrected chi connectivity index (χ0v) is 12.4. The van der Waals surface area contributed by atoms with Gasteiger partial charge in [-0.2, -0.15) is 0 Å². The number of anilines is 1. The Morgan fingerprint density at radius 1 is 1.36 bits per heavy atom. The number of benzene rings is 1. The van der Waals surface area contributed by atoms with Gasteiger partial charge in [0.15, 0.2) is 0 Å². The minimum absolute atomic E-state index is 0.109. The van der Waals surface area contributed by atoms with Crippen molar-refractivity contribution < 1.29 is 14.1 Å². The van der Waals surface area contributed by atoms with Crippen LogP contribution in [-0.4, -0.2) is 31.5 Å². The van der Waals surface area contributed by atoms with E-state index in [0.717, 1.165) is 5.76 Å². The molecule has 0 radical (unpaired) electrons. The minimum Gasteiger partial charge on any atom is -0.469 e. The van der Waals surface area contributed by atoms with Crippen LogP contribution >= 0.6 is 0 Å². The van der Waals surface area contributed by atoms with Gasteiger partial charge in [0.2, 0.25) is 0 Å². The number of carbonyl (C=O) groups excluding carboxylic acids is 1. The maximum Gasteiger partial charge on any atom is 0.270 e. The van der Waals surface area contributed by atoms with E-state index in [2.05, 4.69) is 5.32 Å². The first kappa shape index (κ1) is 15.6. The lowest BCUT2D eigenvalue weighted by atomic mass is 10.1. The van der Waals surface area contributed by atoms with Crippen molar-refractivity contribution in [3.05, 3.63) is 58.0 Å². The van der Waals surface area contributed by atoms with E-state index in [1.165, 1.54) is 12.1 Å². The average Bonchev–Trinajstić information content (AvgIpc) is 2.99. The number of nitro benzene ring substituents is 1. The number of nitro groups is 1. The van der Waals surface area contributed by atoms with Crippen LogP contribution in [0.15, 0.2) is 41.0 Å². The molecule has 0 aliphatic heterocycles. The number of hydrogen-bond donors (Lipinski definition) is 1. The lowest BCUT2D eigenvalue weighted by molar-refractivity contribution is -0.384. The number of hydrogen-bond acceptors (Lipinski definition) is 5. The molecule has 2 aromatic rings. The average molecular weight is 303 g/mol. The number of nitrogens with zero attached hydrogens (tertiary/aromatic N) is 2. The lowest BCUT2D eigenvalue weighted by Crippen LogP contribution is -2.27. The Morgan fingerprint density at radius 2 is 2.14 bits per heavy atom. The van der Waals surface area contributed by atoms with Crippen molar-refractivity contribution in [2.45, 2.75) is 6.42 Å². The van der Waals surface area contributed by atoms with E-state index in [9.17, 15) is 14.9 Å². The molecule has 1 amide bonds. The van der Waals surface area contributed by atoms with Gasteiger partial charge in [0.25, 0.3) is 11.6 Å². The van der Waals surface area contributed by atoms with Crippen molar-refractivity contribution in [1.29, 1.82) is 0 Å². The molecule has 0 unspecified atom stereocenters. The van der Waals surface area contributed by atoms with Gasteiger partial charge in [-0.05, 0) is 18.2 Å². The zero-order valence-electron chi connectivity index (χ0n) is 12.4. The summed E-state index contributed by atoms with van der Waals surface area (Å²) in [6, 6.07) is 7.85. The fourth-order valence-electron chi connectivity index (χ4n) is 2.06. The molecule has 22 heavy (non-hydrogen) atoms. The summed E-state index contributed by atoms with van der Waals surface area (Å²) in [5.41, 5.74) is 0.793. The second-order valence-electron chi connectivity index (χ2n) is 4.94. The van der Waals surface area contributed by atoms with Crippen molar-refractivity contribution >= 4 is 17.3 Å². The molecule has 116 valence electrons. The van der Waals surface area contributed by atoms with Crippen molar-refractivity contribution in [3.8, 4) is 0 Å². The number of carbonyl (C=O) groups is 1. The van der Waals surface area contributed by atoms with Gasteiger partial charge in [-0.15, -0.1) is 0 Å². The normalized spacial score (nSPS) is 10.3. The van der Waals surface area contributed by atoms with E-state index in [0.29, 0.717) is 18.7 Å². The quantitative estimate of drug-likeness (QED) is 0.653. The van der Waals surface area contributed by atoms with Crippen molar-refractivity contribution in [1.82, 2.24) is 5.32 Å². The summed E-state index contributed by atoms with van der Waals surface area (Å²) < 4.78 is 5.18. The Bertz CT molecular complexity index is 665. The molecule has 0 saturated carbocycles. The highest BCUT2D eigenvalue weighted by Gasteiger charge is 2.17. The second-order valence-corrected chi connectivity index (χ2v) is 4.94. The Balaban J connectivity index is 2.12. The van der Waals surface area contributed by atoms with Gasteiger partial charge in [-0.25, -0.2) is 0 Å². The Labute approximate surface area is 127 Å². The van der Waals surface area contributed by atoms with Gasteiger partial charge >= 0.3 is 0 Å². The fourth-order valence-corrected chi connectivity index (χ4v) is 2.06. The van der Waals surface area contributed by atoms with Crippen LogP contribution in [0.25, 0.3) is 0 Å². The zero-order chi connectivity index (χ0) is 16.1. The first-order valence-electron chi connectivity index (χ1n) is 6.75. The summed E-state index contributed by atoms with van der Waals surface area (Å²) in [7, 11) is 3.56. The van der Waals surface area contributed by atoms with E-state index < -0.39 is 4.92 Å². The molecule has 2 rings (SSSR count). The standard InChI is InChI=1S/C15H17N3O4/c1-17(2)14-6-5-11(18(20)21)10-13(14)15(19)16-8-7-12-4-3-9-22-12/h3-6,9-10H,7-8H2,1-2H3,(H,16,19). The van der Waals surface area contributed by atoms with Crippen LogP contribution in [0.4, 0.5) is 11.4 Å². The molecular formula is C15H17N3O4. The van der Waals surface area contributed by atoms with Gasteiger partial charge in [0, 0.05) is 44.9 Å². The van der Waals surface area contributed by atoms with E-state index >= 15 is 0 Å². The van der Waals surface area contributed by atoms with Crippen molar-refractivity contribution in [2.24, 2.45) is 0 Å². The van der Waals surface area contributed by atoms with Crippen LogP contribution in [0.5, 0.6) is 0 Å². The molecule has 0 atom stereocenters. The van der Waals surface area contributed by atoms with E-state index in [-0.39, 0.29) is 17.2 Å². The highest BCUT2D eigenvalue weighted by molar-refractivity contribution is 6.00. The first-order valence-corrected chi connectivity index (χ1v) is 6.75. The van der Waals surface area contributed by atoms with Gasteiger partial charge in [-0.1, -0.05) is 0 Å². The summed E-state index contributed by atoms with van der Waals surface area (Å²) in [6.45, 7) is 0.391. The van der Waals surface area contributed by atoms with Crippen LogP contribution < -0.4 is 10.2 Å². The monoisotopic (exact) mass is 303 g/mol. The minimum atomic E-state index is -0.515. The van der Waals surface area contributed by atoms with E-state index in [1.807, 2.05) is 6.07 Å². The molecule has 7 nitrogen and oxygen atoms in total. The summed E-state index contributed by atoms with van der Waals surface area (Å²) in [4.78, 5) is 24.4. The van der Waals surface area contributed by atoms with Crippen LogP contribution in [0, 0.1) is 10.1 Å². The number of furan rings is 1. The molecular weight excluding hydrogens is 286 g/mol. The summed E-state index contributed by atoms with van der Waals surface area (Å²) in [5, 5.41) is 13.6. The molecule has 7 heteroatoms. The van der Waals surface area contributed by atoms with Crippen LogP contribution in [0.3, 0.4) is 0 Å². The molecule has 0 spiro atoms. The fraction of sp³-hybridized carbons (Fsp3) is 0.267. The SMILES string of the molecule is CN(C)c1ccc([N+](=O)[O-])cc1C(=O)NCCc1ccco1. The van der Waals surface area contributed by atoms with Crippen LogP contribution in [0.1, 0.15) is 16.1 Å². The number of amides is 1. The first-order chi connectivity index (χ1) is 10.5. The topological polar surface area (TPSA) is 88.6 Å². The molecule has 1 aromatic heterocycles. The van der Waals surface area contributed by atoms with Gasteiger partial charge in [0.1, 0.15) is 5.76 Å². The molecule has 0 bridgehead atoms. The number of nitrogens with one attached hydrogen (secondary N) is 1. The van der Waals surface area contributed by atoms with Gasteiger partial charge in [0.05, 0.1) is 16.7 Å². The molecule has 0 aliphatic rings. The Hall–Kier alpha value is -2.83. The van der Waals surface area contributed by atoms with Crippen molar-refractivity contribution in [2.75, 3.05) is 25.5 Å². The summed E-state index contributed by atoms with van der Waals surface area (Å²) in [5.74, 6) is 0.422. The van der Waals surface area contributed by atoms with Gasteiger partial charge < -0.3 is 14.6 Å². The van der Waals surface area contributed by atoms with Crippen LogP contribution in [-0.2, 0) is 6.42 Å². The summed E-state index contributed by atoms with van der Waals surface area (Å²) >= 11 is 0. The highest BCUT2D eigenvalue weighted by Crippen LogP contribution is 2.24. The second kappa shape index (κ2) is 6.75. The Kier molecular flexibility index (Phi) is 4.77. The lowest BCUT2D eigenvalue weighted by Gasteiger charge is -2.16. The van der Waals surface area contributed by atoms with Gasteiger partial charge in [-0.3, -0.25) is 14.9 Å². The third-order valence-electron chi connectivity index (χ3n) is 3.15. The largest absolute Gasteiger partial charge is 0.469 e. The molecule has 1 N–H and O–H groups in total. The van der Waals surface area contributed by atoms with Crippen LogP contribution in [0.2, 0.25) is 0 Å². The smallest absolute Gasteiger partial charge is 0.270 e. The molecule has 0 saturated heterocycles. The molecule has 1 aromatic carbocycles. The Morgan fingerprint density at radius 3 is 2.73 bits per heavy atom. The maximum atomic E-state index is 12.3. The number of non-ortho nitro benzene ring substituents is 1. The van der Waals surface area contributed by atoms with E-state index in [1.54, 1.807) is 37.4 Å². The predicted molar refractivity (Wildman–Crippen MR) is 82.2 cm³/mol. The molecule has 0 fully saturated rings.